The Hall–Kier alpha value is -0.890. The van der Waals surface area contributed by atoms with Crippen LogP contribution in [0.4, 0.5) is 0 Å². The van der Waals surface area contributed by atoms with Crippen LogP contribution in [0.1, 0.15) is 19.4 Å². The van der Waals surface area contributed by atoms with Crippen molar-refractivity contribution >= 4 is 23.7 Å². The highest BCUT2D eigenvalue weighted by Gasteiger charge is 1.96. The number of nitrogens with zero attached hydrogens (tertiary/aromatic N) is 1. The first-order valence-electron chi connectivity index (χ1n) is 4.54. The first kappa shape index (κ1) is 10.2. The van der Waals surface area contributed by atoms with Crippen LogP contribution >= 0.6 is 12.8 Å². The molecule has 1 nitrogen and oxygen atoms in total. The van der Waals surface area contributed by atoms with Gasteiger partial charge in [-0.15, -0.1) is 0 Å². The van der Waals surface area contributed by atoms with Gasteiger partial charge in [0.05, 0.1) is 5.52 Å². The first-order valence-corrected chi connectivity index (χ1v) is 4.94. The number of hydrogen-bond donors (Lipinski definition) is 1. The lowest BCUT2D eigenvalue weighted by Gasteiger charge is -1.94. The molecule has 0 unspecified atom stereocenters. The molecule has 0 amide bonds. The van der Waals surface area contributed by atoms with Crippen LogP contribution in [0.25, 0.3) is 10.9 Å². The quantitative estimate of drug-likeness (QED) is 0.609. The summed E-state index contributed by atoms with van der Waals surface area (Å²) >= 11 is 4.25. The minimum absolute atomic E-state index is 1.17. The predicted molar refractivity (Wildman–Crippen MR) is 62.4 cm³/mol. The molecule has 1 aromatic heterocycles. The molecule has 2 rings (SSSR count). The Balaban J connectivity index is 0.000000396. The van der Waals surface area contributed by atoms with E-state index in [0.717, 1.165) is 0 Å². The van der Waals surface area contributed by atoms with E-state index < -0.39 is 0 Å². The van der Waals surface area contributed by atoms with Crippen molar-refractivity contribution in [3.05, 3.63) is 36.0 Å². The molecule has 0 N–H and O–H groups in total. The Kier molecular flexibility index (Phi) is 3.43. The maximum absolute atomic E-state index is 4.25. The van der Waals surface area contributed by atoms with Gasteiger partial charge in [-0.25, -0.2) is 0 Å². The van der Waals surface area contributed by atoms with E-state index in [1.54, 1.807) is 0 Å². The molecule has 0 aliphatic carbocycles. The van der Waals surface area contributed by atoms with Crippen molar-refractivity contribution in [3.63, 3.8) is 0 Å². The molecule has 1 aromatic carbocycles. The molecule has 0 aliphatic rings. The smallest absolute Gasteiger partial charge is 0.0588 e. The van der Waals surface area contributed by atoms with Gasteiger partial charge in [0.25, 0.3) is 0 Å². The number of aryl methyl sites for hydroxylation is 1. The van der Waals surface area contributed by atoms with Crippen LogP contribution in [0.5, 0.6) is 0 Å². The predicted octanol–water partition coefficient (Wildman–Crippen LogP) is 3.67. The molecular formula is C11H15NS. The van der Waals surface area contributed by atoms with Crippen LogP contribution < -0.4 is 0 Å². The molecule has 0 radical (unpaired) electrons. The fraction of sp³-hybridized carbons (Fsp3) is 0.273. The monoisotopic (exact) mass is 193 g/mol. The number of hydrogen-bond acceptors (Lipinski definition) is 1. The summed E-state index contributed by atoms with van der Waals surface area (Å²) in [4.78, 5) is 0. The van der Waals surface area contributed by atoms with Crippen LogP contribution in [0.2, 0.25) is 0 Å². The third-order valence-electron chi connectivity index (χ3n) is 1.83. The van der Waals surface area contributed by atoms with E-state index in [-0.39, 0.29) is 0 Å². The molecule has 2 heteroatoms. The van der Waals surface area contributed by atoms with E-state index in [0.29, 0.717) is 0 Å². The highest BCUT2D eigenvalue weighted by atomic mass is 32.1. The Labute approximate surface area is 84.9 Å². The maximum Gasteiger partial charge on any atom is 0.0588 e. The number of aromatic nitrogens is 1. The maximum atomic E-state index is 4.25. The van der Waals surface area contributed by atoms with E-state index >= 15 is 0 Å². The summed E-state index contributed by atoms with van der Waals surface area (Å²) in [6.07, 6.45) is 1.95. The van der Waals surface area contributed by atoms with E-state index in [2.05, 4.69) is 44.0 Å². The van der Waals surface area contributed by atoms with Crippen molar-refractivity contribution in [2.24, 2.45) is 0 Å². The standard InChI is InChI=1S/C9H9NS.C2H6/c1-7-2-3-9-8(6-7)4-5-10(9)11;1-2/h2-6,11H,1H3;1-2H3. The van der Waals surface area contributed by atoms with E-state index in [9.17, 15) is 0 Å². The third kappa shape index (κ3) is 2.07. The average molecular weight is 193 g/mol. The lowest BCUT2D eigenvalue weighted by atomic mass is 10.2. The second-order valence-corrected chi connectivity index (χ2v) is 3.15. The summed E-state index contributed by atoms with van der Waals surface area (Å²) in [7, 11) is 0. The lowest BCUT2D eigenvalue weighted by molar-refractivity contribution is 1.36. The fourth-order valence-electron chi connectivity index (χ4n) is 1.25. The molecular weight excluding hydrogens is 178 g/mol. The normalized spacial score (nSPS) is 9.54. The van der Waals surface area contributed by atoms with Gasteiger partial charge in [-0.2, -0.15) is 0 Å². The van der Waals surface area contributed by atoms with Crippen LogP contribution in [0.15, 0.2) is 30.5 Å². The highest BCUT2D eigenvalue weighted by molar-refractivity contribution is 7.78. The first-order chi connectivity index (χ1) is 6.27. The van der Waals surface area contributed by atoms with Crippen LogP contribution in [-0.2, 0) is 0 Å². The SMILES string of the molecule is CC.Cc1ccc2c(ccn2S)c1. The Morgan fingerprint density at radius 1 is 1.15 bits per heavy atom. The largest absolute Gasteiger partial charge is 0.294 e. The van der Waals surface area contributed by atoms with Crippen LogP contribution in [-0.4, -0.2) is 3.97 Å². The second-order valence-electron chi connectivity index (χ2n) is 2.72. The van der Waals surface area contributed by atoms with Crippen molar-refractivity contribution < 1.29 is 0 Å². The third-order valence-corrected chi connectivity index (χ3v) is 2.17. The summed E-state index contributed by atoms with van der Waals surface area (Å²) < 4.78 is 1.83. The summed E-state index contributed by atoms with van der Waals surface area (Å²) in [5, 5.41) is 1.25. The van der Waals surface area contributed by atoms with Crippen LogP contribution in [0, 0.1) is 6.92 Å². The van der Waals surface area contributed by atoms with Crippen molar-refractivity contribution in [3.8, 4) is 0 Å². The average Bonchev–Trinajstić information content (AvgIpc) is 2.51. The summed E-state index contributed by atoms with van der Waals surface area (Å²) in [6, 6.07) is 8.39. The van der Waals surface area contributed by atoms with Crippen molar-refractivity contribution in [1.82, 2.24) is 3.97 Å². The molecule has 0 aliphatic heterocycles. The van der Waals surface area contributed by atoms with Gasteiger partial charge in [-0.1, -0.05) is 38.3 Å². The fourth-order valence-corrected chi connectivity index (χ4v) is 1.50. The Morgan fingerprint density at radius 3 is 2.54 bits per heavy atom. The zero-order valence-corrected chi connectivity index (χ0v) is 9.18. The van der Waals surface area contributed by atoms with Gasteiger partial charge in [0, 0.05) is 11.6 Å². The molecule has 0 fully saturated rings. The molecule has 0 bridgehead atoms. The molecule has 0 saturated carbocycles. The number of thiol groups is 1. The zero-order chi connectivity index (χ0) is 9.84. The van der Waals surface area contributed by atoms with Gasteiger partial charge >= 0.3 is 0 Å². The van der Waals surface area contributed by atoms with Crippen LogP contribution in [0.3, 0.4) is 0 Å². The molecule has 0 spiro atoms. The second kappa shape index (κ2) is 4.38. The molecule has 70 valence electrons. The van der Waals surface area contributed by atoms with Gasteiger partial charge in [0.1, 0.15) is 0 Å². The summed E-state index contributed by atoms with van der Waals surface area (Å²) in [5.74, 6) is 0. The van der Waals surface area contributed by atoms with E-state index in [4.69, 9.17) is 0 Å². The summed E-state index contributed by atoms with van der Waals surface area (Å²) in [5.41, 5.74) is 2.45. The number of benzene rings is 1. The number of rotatable bonds is 0. The van der Waals surface area contributed by atoms with Gasteiger partial charge in [-0.3, -0.25) is 3.97 Å². The van der Waals surface area contributed by atoms with Crippen molar-refractivity contribution in [2.75, 3.05) is 0 Å². The minimum atomic E-state index is 1.17. The van der Waals surface area contributed by atoms with Crippen molar-refractivity contribution in [1.29, 1.82) is 0 Å². The molecule has 1 heterocycles. The molecule has 2 aromatic rings. The molecule has 0 atom stereocenters. The Morgan fingerprint density at radius 2 is 1.85 bits per heavy atom. The van der Waals surface area contributed by atoms with Crippen molar-refractivity contribution in [2.45, 2.75) is 20.8 Å². The lowest BCUT2D eigenvalue weighted by Crippen LogP contribution is -1.76. The van der Waals surface area contributed by atoms with Gasteiger partial charge in [0.15, 0.2) is 0 Å². The topological polar surface area (TPSA) is 4.93 Å². The van der Waals surface area contributed by atoms with E-state index in [1.165, 1.54) is 16.5 Å². The zero-order valence-electron chi connectivity index (χ0n) is 8.28. The number of fused-ring (bicyclic) bond motifs is 1. The van der Waals surface area contributed by atoms with Gasteiger partial charge in [0.2, 0.25) is 0 Å². The minimum Gasteiger partial charge on any atom is -0.294 e. The Bertz CT molecular complexity index is 390. The van der Waals surface area contributed by atoms with Gasteiger partial charge in [-0.05, 0) is 25.1 Å². The van der Waals surface area contributed by atoms with Gasteiger partial charge < -0.3 is 0 Å². The highest BCUT2D eigenvalue weighted by Crippen LogP contribution is 2.17. The van der Waals surface area contributed by atoms with E-state index in [1.807, 2.05) is 24.0 Å². The summed E-state index contributed by atoms with van der Waals surface area (Å²) in [6.45, 7) is 6.09. The molecule has 13 heavy (non-hydrogen) atoms. The molecule has 0 saturated heterocycles.